The van der Waals surface area contributed by atoms with Crippen LogP contribution in [0.2, 0.25) is 0 Å². The molecule has 1 fully saturated rings. The van der Waals surface area contributed by atoms with Crippen molar-refractivity contribution in [3.05, 3.63) is 83.7 Å². The van der Waals surface area contributed by atoms with Crippen LogP contribution < -0.4 is 10.6 Å². The molecule has 1 heterocycles. The number of carbonyl (C=O) groups excluding carboxylic acids is 1. The van der Waals surface area contributed by atoms with Gasteiger partial charge in [0.1, 0.15) is 6.67 Å². The smallest absolute Gasteiger partial charge is 0.252 e. The molecule has 1 aliphatic rings. The van der Waals surface area contributed by atoms with Gasteiger partial charge in [0.05, 0.1) is 11.9 Å². The molecule has 2 N–H and O–H groups in total. The number of hydrogen-bond acceptors (Lipinski definition) is 4. The highest BCUT2D eigenvalue weighted by Gasteiger charge is 2.37. The molecule has 6 nitrogen and oxygen atoms in total. The lowest BCUT2D eigenvalue weighted by Gasteiger charge is -2.04. The van der Waals surface area contributed by atoms with Gasteiger partial charge in [0.25, 0.3) is 5.91 Å². The third-order valence-corrected chi connectivity index (χ3v) is 4.59. The number of aromatic nitrogens is 3. The van der Waals surface area contributed by atoms with Gasteiger partial charge in [-0.25, -0.2) is 4.68 Å². The van der Waals surface area contributed by atoms with E-state index in [0.717, 1.165) is 12.1 Å². The van der Waals surface area contributed by atoms with Crippen LogP contribution in [-0.4, -0.2) is 26.9 Å². The first kappa shape index (κ1) is 16.5. The van der Waals surface area contributed by atoms with Gasteiger partial charge in [-0.2, -0.15) is 0 Å². The van der Waals surface area contributed by atoms with E-state index >= 15 is 0 Å². The Morgan fingerprint density at radius 2 is 1.81 bits per heavy atom. The predicted octanol–water partition coefficient (Wildman–Crippen LogP) is 2.31. The summed E-state index contributed by atoms with van der Waals surface area (Å²) in [5, 5.41) is 14.6. The minimum Gasteiger partial charge on any atom is -0.333 e. The molecule has 0 bridgehead atoms. The number of carbonyl (C=O) groups is 1. The van der Waals surface area contributed by atoms with Gasteiger partial charge in [0.15, 0.2) is 0 Å². The fourth-order valence-corrected chi connectivity index (χ4v) is 3.07. The van der Waals surface area contributed by atoms with E-state index in [0.29, 0.717) is 30.7 Å². The van der Waals surface area contributed by atoms with E-state index in [1.807, 2.05) is 30.5 Å². The third-order valence-electron chi connectivity index (χ3n) is 4.59. The molecular formula is C20H21N5O. The highest BCUT2D eigenvalue weighted by Crippen LogP contribution is 2.40. The van der Waals surface area contributed by atoms with Gasteiger partial charge in [-0.3, -0.25) is 4.79 Å². The second-order valence-electron chi connectivity index (χ2n) is 6.52. The number of benzene rings is 2. The molecule has 0 aliphatic heterocycles. The Morgan fingerprint density at radius 3 is 2.58 bits per heavy atom. The molecule has 0 saturated heterocycles. The molecule has 3 aromatic rings. The fourth-order valence-electron chi connectivity index (χ4n) is 3.07. The molecule has 4 rings (SSSR count). The Kier molecular flexibility index (Phi) is 4.75. The summed E-state index contributed by atoms with van der Waals surface area (Å²) in [5.41, 5.74) is 2.89. The van der Waals surface area contributed by atoms with Gasteiger partial charge in [0, 0.05) is 24.1 Å². The minimum atomic E-state index is -0.121. The fraction of sp³-hybridized carbons (Fsp3) is 0.250. The van der Waals surface area contributed by atoms with Crippen LogP contribution in [0, 0.1) is 0 Å². The van der Waals surface area contributed by atoms with Gasteiger partial charge in [0.2, 0.25) is 0 Å². The summed E-state index contributed by atoms with van der Waals surface area (Å²) in [7, 11) is 0. The zero-order chi connectivity index (χ0) is 17.8. The first-order valence-corrected chi connectivity index (χ1v) is 8.80. The molecule has 1 aliphatic carbocycles. The predicted molar refractivity (Wildman–Crippen MR) is 98.4 cm³/mol. The summed E-state index contributed by atoms with van der Waals surface area (Å²) in [4.78, 5) is 12.0. The molecule has 0 radical (unpaired) electrons. The highest BCUT2D eigenvalue weighted by atomic mass is 16.1. The van der Waals surface area contributed by atoms with Crippen LogP contribution in [0.1, 0.15) is 34.0 Å². The number of amides is 1. The van der Waals surface area contributed by atoms with E-state index in [1.165, 1.54) is 5.56 Å². The average molecular weight is 347 g/mol. The summed E-state index contributed by atoms with van der Waals surface area (Å²) < 4.78 is 1.64. The van der Waals surface area contributed by atoms with Crippen LogP contribution in [0.3, 0.4) is 0 Å². The van der Waals surface area contributed by atoms with Crippen LogP contribution in [0.5, 0.6) is 0 Å². The van der Waals surface area contributed by atoms with Crippen molar-refractivity contribution >= 4 is 5.91 Å². The largest absolute Gasteiger partial charge is 0.333 e. The summed E-state index contributed by atoms with van der Waals surface area (Å²) in [6.45, 7) is 0.984. The zero-order valence-corrected chi connectivity index (χ0v) is 14.4. The SMILES string of the molecule is O=C(NCn1cc(CNC2CC2c2ccccc2)nn1)c1ccccc1. The van der Waals surface area contributed by atoms with E-state index in [2.05, 4.69) is 45.2 Å². The lowest BCUT2D eigenvalue weighted by atomic mass is 10.1. The highest BCUT2D eigenvalue weighted by molar-refractivity contribution is 5.93. The normalized spacial score (nSPS) is 18.5. The van der Waals surface area contributed by atoms with Crippen LogP contribution in [0.15, 0.2) is 66.9 Å². The van der Waals surface area contributed by atoms with Crippen LogP contribution in [0.4, 0.5) is 0 Å². The molecule has 6 heteroatoms. The second kappa shape index (κ2) is 7.49. The van der Waals surface area contributed by atoms with Gasteiger partial charge in [-0.1, -0.05) is 53.7 Å². The van der Waals surface area contributed by atoms with Crippen molar-refractivity contribution in [3.8, 4) is 0 Å². The van der Waals surface area contributed by atoms with Gasteiger partial charge in [-0.15, -0.1) is 5.10 Å². The summed E-state index contributed by atoms with van der Waals surface area (Å²) >= 11 is 0. The summed E-state index contributed by atoms with van der Waals surface area (Å²) in [6.07, 6.45) is 3.02. The summed E-state index contributed by atoms with van der Waals surface area (Å²) in [6, 6.07) is 20.2. The van der Waals surface area contributed by atoms with Crippen molar-refractivity contribution in [1.82, 2.24) is 25.6 Å². The topological polar surface area (TPSA) is 71.8 Å². The summed E-state index contributed by atoms with van der Waals surface area (Å²) in [5.74, 6) is 0.473. The maximum atomic E-state index is 12.0. The molecule has 0 spiro atoms. The lowest BCUT2D eigenvalue weighted by molar-refractivity contribution is 0.0939. The average Bonchev–Trinajstić information content (AvgIpc) is 3.34. The third kappa shape index (κ3) is 3.97. The Hall–Kier alpha value is -2.99. The van der Waals surface area contributed by atoms with Crippen molar-refractivity contribution < 1.29 is 4.79 Å². The maximum Gasteiger partial charge on any atom is 0.252 e. The number of nitrogens with zero attached hydrogens (tertiary/aromatic N) is 3. The Bertz CT molecular complexity index is 862. The quantitative estimate of drug-likeness (QED) is 0.688. The Morgan fingerprint density at radius 1 is 1.08 bits per heavy atom. The molecule has 2 atom stereocenters. The first-order chi connectivity index (χ1) is 12.8. The van der Waals surface area contributed by atoms with E-state index in [4.69, 9.17) is 0 Å². The molecule has 1 saturated carbocycles. The standard InChI is InChI=1S/C20H21N5O/c26-20(16-9-5-2-6-10-16)22-14-25-13-17(23-24-25)12-21-19-11-18(19)15-7-3-1-4-8-15/h1-10,13,18-19,21H,11-12,14H2,(H,22,26). The van der Waals surface area contributed by atoms with Gasteiger partial charge >= 0.3 is 0 Å². The maximum absolute atomic E-state index is 12.0. The molecule has 132 valence electrons. The number of nitrogens with one attached hydrogen (secondary N) is 2. The van der Waals surface area contributed by atoms with E-state index in [9.17, 15) is 4.79 Å². The van der Waals surface area contributed by atoms with Gasteiger partial charge in [-0.05, 0) is 24.1 Å². The minimum absolute atomic E-state index is 0.121. The van der Waals surface area contributed by atoms with Crippen molar-refractivity contribution in [2.75, 3.05) is 0 Å². The Balaban J connectivity index is 1.23. The van der Waals surface area contributed by atoms with E-state index < -0.39 is 0 Å². The van der Waals surface area contributed by atoms with E-state index in [-0.39, 0.29) is 5.91 Å². The number of rotatable bonds is 7. The molecule has 1 aromatic heterocycles. The lowest BCUT2D eigenvalue weighted by Crippen LogP contribution is -2.26. The monoisotopic (exact) mass is 347 g/mol. The number of hydrogen-bond donors (Lipinski definition) is 2. The van der Waals surface area contributed by atoms with Crippen molar-refractivity contribution in [2.24, 2.45) is 0 Å². The van der Waals surface area contributed by atoms with Crippen LogP contribution in [0.25, 0.3) is 0 Å². The molecular weight excluding hydrogens is 326 g/mol. The molecule has 26 heavy (non-hydrogen) atoms. The van der Waals surface area contributed by atoms with Crippen molar-refractivity contribution in [3.63, 3.8) is 0 Å². The van der Waals surface area contributed by atoms with Crippen LogP contribution >= 0.6 is 0 Å². The van der Waals surface area contributed by atoms with E-state index in [1.54, 1.807) is 16.8 Å². The zero-order valence-electron chi connectivity index (χ0n) is 14.4. The van der Waals surface area contributed by atoms with Crippen LogP contribution in [-0.2, 0) is 13.2 Å². The molecule has 2 unspecified atom stereocenters. The van der Waals surface area contributed by atoms with Gasteiger partial charge < -0.3 is 10.6 Å². The molecule has 2 aromatic carbocycles. The second-order valence-corrected chi connectivity index (χ2v) is 6.52. The Labute approximate surface area is 152 Å². The van der Waals surface area contributed by atoms with Crippen molar-refractivity contribution in [1.29, 1.82) is 0 Å². The molecule has 1 amide bonds. The first-order valence-electron chi connectivity index (χ1n) is 8.80. The van der Waals surface area contributed by atoms with Crippen molar-refractivity contribution in [2.45, 2.75) is 31.6 Å².